The number of nitrogens with two attached hydrogens (primary N) is 1. The molecule has 228 valence electrons. The van der Waals surface area contributed by atoms with Gasteiger partial charge in [0, 0.05) is 16.7 Å². The van der Waals surface area contributed by atoms with Gasteiger partial charge in [-0.2, -0.15) is 0 Å². The van der Waals surface area contributed by atoms with Gasteiger partial charge in [0.25, 0.3) is 5.91 Å². The quantitative estimate of drug-likeness (QED) is 0.246. The van der Waals surface area contributed by atoms with Crippen LogP contribution in [0.3, 0.4) is 0 Å². The Kier molecular flexibility index (Phi) is 7.19. The molecule has 6 rings (SSSR count). The maximum Gasteiger partial charge on any atom is 0.459 e. The summed E-state index contributed by atoms with van der Waals surface area (Å²) < 4.78 is 52.2. The molecule has 1 aliphatic carbocycles. The molecule has 1 fully saturated rings. The molecule has 2 amide bonds. The third kappa shape index (κ3) is 4.89. The summed E-state index contributed by atoms with van der Waals surface area (Å²) in [5.41, 5.74) is 3.95. The fourth-order valence-corrected chi connectivity index (χ4v) is 5.82. The molecule has 0 saturated heterocycles. The van der Waals surface area contributed by atoms with Crippen LogP contribution in [0.1, 0.15) is 41.4 Å². The van der Waals surface area contributed by atoms with Gasteiger partial charge in [0.05, 0.1) is 29.6 Å². The predicted octanol–water partition coefficient (Wildman–Crippen LogP) is 2.04. The second-order valence-electron chi connectivity index (χ2n) is 11.3. The molecule has 2 aromatic carbocycles. The normalized spacial score (nSPS) is 19.6. The fourth-order valence-electron chi connectivity index (χ4n) is 5.56. The van der Waals surface area contributed by atoms with Crippen LogP contribution in [0.15, 0.2) is 36.4 Å². The van der Waals surface area contributed by atoms with Crippen molar-refractivity contribution in [1.29, 1.82) is 0 Å². The molecule has 0 bridgehead atoms. The number of ether oxygens (including phenoxy) is 2. The molecule has 44 heavy (non-hydrogen) atoms. The van der Waals surface area contributed by atoms with Crippen LogP contribution in [0, 0.1) is 11.7 Å². The van der Waals surface area contributed by atoms with Gasteiger partial charge in [0.15, 0.2) is 12.1 Å². The van der Waals surface area contributed by atoms with Gasteiger partial charge in [-0.25, -0.2) is 9.37 Å². The first kappa shape index (κ1) is 29.7. The lowest BCUT2D eigenvalue weighted by Gasteiger charge is -2.30. The van der Waals surface area contributed by atoms with E-state index in [9.17, 15) is 27.9 Å². The largest absolute Gasteiger partial charge is 0.495 e. The van der Waals surface area contributed by atoms with E-state index in [1.165, 1.54) is 31.4 Å². The molecule has 4 N–H and O–H groups in total. The average Bonchev–Trinajstić information content (AvgIpc) is 3.67. The molecule has 3 heterocycles. The van der Waals surface area contributed by atoms with Crippen molar-refractivity contribution in [2.45, 2.75) is 37.3 Å². The number of fused-ring (bicyclic) bond motifs is 2. The summed E-state index contributed by atoms with van der Waals surface area (Å²) >= 11 is 6.39. The molecule has 1 saturated carbocycles. The Morgan fingerprint density at radius 3 is 2.70 bits per heavy atom. The number of amides is 2. The summed E-state index contributed by atoms with van der Waals surface area (Å²) in [6.07, 6.45) is 2.43. The van der Waals surface area contributed by atoms with Gasteiger partial charge in [0.2, 0.25) is 5.91 Å². The highest BCUT2D eigenvalue weighted by molar-refractivity contribution is 6.33. The summed E-state index contributed by atoms with van der Waals surface area (Å²) in [4.78, 5) is 30.7. The lowest BCUT2D eigenvalue weighted by molar-refractivity contribution is -0.532. The maximum absolute atomic E-state index is 13.9. The molecule has 9 nitrogen and oxygen atoms in total. The number of pyridine rings is 1. The highest BCUT2D eigenvalue weighted by Gasteiger charge is 2.50. The number of methoxy groups -OCH3 is 1. The van der Waals surface area contributed by atoms with E-state index in [2.05, 4.69) is 11.2 Å². The van der Waals surface area contributed by atoms with Crippen molar-refractivity contribution in [3.8, 4) is 22.8 Å². The zero-order chi connectivity index (χ0) is 31.6. The minimum atomic E-state index is -2.82. The molecule has 3 aromatic rings. The molecule has 0 radical (unpaired) electrons. The highest BCUT2D eigenvalue weighted by Crippen LogP contribution is 2.50. The second-order valence-corrected chi connectivity index (χ2v) is 11.7. The lowest BCUT2D eigenvalue weighted by atomic mass is 9.81. The number of carbonyl (C=O) groups is 2. The number of alkyl halides is 2. The number of primary amides is 1. The Bertz CT molecular complexity index is 1910. The van der Waals surface area contributed by atoms with E-state index in [1.54, 1.807) is 13.0 Å². The van der Waals surface area contributed by atoms with E-state index in [0.29, 0.717) is 33.8 Å². The Morgan fingerprint density at radius 2 is 2.07 bits per heavy atom. The van der Waals surface area contributed by atoms with Crippen molar-refractivity contribution in [3.05, 3.63) is 74.5 Å². The highest BCUT2D eigenvalue weighted by atomic mass is 35.5. The van der Waals surface area contributed by atoms with Crippen molar-refractivity contribution in [2.75, 3.05) is 20.3 Å². The van der Waals surface area contributed by atoms with Crippen molar-refractivity contribution < 1.29 is 41.9 Å². The third-order valence-electron chi connectivity index (χ3n) is 8.36. The zero-order valence-electron chi connectivity index (χ0n) is 23.6. The van der Waals surface area contributed by atoms with Gasteiger partial charge in [0.1, 0.15) is 45.9 Å². The van der Waals surface area contributed by atoms with Crippen LogP contribution in [0.2, 0.25) is 5.02 Å². The van der Waals surface area contributed by atoms with Crippen molar-refractivity contribution in [2.24, 2.45) is 11.7 Å². The van der Waals surface area contributed by atoms with E-state index in [1.807, 2.05) is 0 Å². The Labute approximate surface area is 254 Å². The maximum atomic E-state index is 13.9. The smallest absolute Gasteiger partial charge is 0.459 e. The van der Waals surface area contributed by atoms with Crippen LogP contribution in [0.5, 0.6) is 11.5 Å². The number of nitrogens with one attached hydrogen (secondary N) is 1. The van der Waals surface area contributed by atoms with Gasteiger partial charge in [-0.15, -0.1) is 8.78 Å². The first-order valence-electron chi connectivity index (χ1n) is 13.7. The van der Waals surface area contributed by atoms with Crippen molar-refractivity contribution in [1.82, 2.24) is 10.3 Å². The van der Waals surface area contributed by atoms with Crippen LogP contribution in [-0.4, -0.2) is 59.2 Å². The predicted molar refractivity (Wildman–Crippen MR) is 153 cm³/mol. The standard InChI is InChI=1S/C31H26ClF3N4O5/c1-30(28(36)41)14-44-26-21(30)10-24(38-25(26)19-6-5-18(33)9-22(19)32)31(42,17-3-4-17)13-37-27(40)15-7-16-11-39(29(34)35)12-20(16)23(8-15)43-2/h5-11,17,29,42H,3-4,13-14H2,1-2H3,(H2-,36,37,40,41)/p+1/t30-,31+/m0/s1. The van der Waals surface area contributed by atoms with Crippen molar-refractivity contribution in [3.63, 3.8) is 0 Å². The summed E-state index contributed by atoms with van der Waals surface area (Å²) in [5.74, 6) is 0.833. The van der Waals surface area contributed by atoms with E-state index in [4.69, 9.17) is 31.8 Å². The van der Waals surface area contributed by atoms with Crippen LogP contribution < -0.4 is 31.0 Å². The van der Waals surface area contributed by atoms with E-state index < -0.39 is 35.2 Å². The van der Waals surface area contributed by atoms with E-state index in [-0.39, 0.29) is 57.8 Å². The van der Waals surface area contributed by atoms with Gasteiger partial charge >= 0.3 is 6.55 Å². The molecule has 13 heteroatoms. The van der Waals surface area contributed by atoms with Gasteiger partial charge in [-0.05, 0) is 62.1 Å². The molecular formula is C31H27ClF3N4O5+. The minimum absolute atomic E-state index is 0.0404. The molecular weight excluding hydrogens is 601 g/mol. The Balaban J connectivity index is 1.39. The van der Waals surface area contributed by atoms with Gasteiger partial charge in [-0.1, -0.05) is 16.2 Å². The molecule has 2 aliphatic heterocycles. The average molecular weight is 628 g/mol. The SMILES string of the molecule is COc1cc(C(=O)NC[C@](O)(c2cc3c(c(-c4ccc(F)cc4Cl)n2)OC[C@]3(C)C(N)=O)C2CC2)cc2c1=C=[N+](C(F)F)C=2. The molecule has 0 spiro atoms. The topological polar surface area (TPSA) is 127 Å². The summed E-state index contributed by atoms with van der Waals surface area (Å²) in [6, 6.07) is 8.13. The number of nitrogens with zero attached hydrogens (tertiary/aromatic N) is 2. The van der Waals surface area contributed by atoms with Crippen LogP contribution >= 0.6 is 11.6 Å². The fraction of sp³-hybridized carbons (Fsp3) is 0.323. The zero-order valence-corrected chi connectivity index (χ0v) is 24.3. The summed E-state index contributed by atoms with van der Waals surface area (Å²) in [6.45, 7) is -1.57. The Hall–Kier alpha value is -4.38. The summed E-state index contributed by atoms with van der Waals surface area (Å²) in [5, 5.41) is 15.5. The third-order valence-corrected chi connectivity index (χ3v) is 8.67. The molecule has 0 unspecified atom stereocenters. The second kappa shape index (κ2) is 10.7. The minimum Gasteiger partial charge on any atom is -0.495 e. The Morgan fingerprint density at radius 1 is 1.32 bits per heavy atom. The first-order valence-corrected chi connectivity index (χ1v) is 14.1. The number of benzene rings is 2. The number of hydrogen-bond acceptors (Lipinski definition) is 6. The number of aliphatic hydroxyl groups is 1. The number of rotatable bonds is 9. The molecule has 3 aliphatic rings. The van der Waals surface area contributed by atoms with Crippen molar-refractivity contribution >= 4 is 35.5 Å². The monoisotopic (exact) mass is 627 g/mol. The van der Waals surface area contributed by atoms with Crippen LogP contribution in [0.25, 0.3) is 17.5 Å². The van der Waals surface area contributed by atoms with Gasteiger partial charge in [-0.3, -0.25) is 9.59 Å². The van der Waals surface area contributed by atoms with Crippen LogP contribution in [-0.2, 0) is 15.8 Å². The number of hydrogen-bond donors (Lipinski definition) is 3. The summed E-state index contributed by atoms with van der Waals surface area (Å²) in [7, 11) is 1.35. The van der Waals surface area contributed by atoms with Gasteiger partial charge < -0.3 is 25.6 Å². The molecule has 2 atom stereocenters. The van der Waals surface area contributed by atoms with E-state index in [0.717, 1.165) is 12.3 Å². The first-order chi connectivity index (χ1) is 20.9. The molecule has 1 aromatic heterocycles. The number of carbonyl (C=O) groups excluding carboxylic acids is 2. The van der Waals surface area contributed by atoms with E-state index >= 15 is 0 Å². The number of halogens is 4. The number of aromatic nitrogens is 1. The van der Waals surface area contributed by atoms with Crippen LogP contribution in [0.4, 0.5) is 13.2 Å². The lowest BCUT2D eigenvalue weighted by Crippen LogP contribution is -2.44.